The lowest BCUT2D eigenvalue weighted by atomic mass is 10.4. The number of carbonyl (C=O) groups is 1. The Morgan fingerprint density at radius 2 is 2.14 bits per heavy atom. The Morgan fingerprint density at radius 3 is 2.57 bits per heavy atom. The van der Waals surface area contributed by atoms with Crippen molar-refractivity contribution in [2.24, 2.45) is 4.99 Å². The van der Waals surface area contributed by atoms with Crippen LogP contribution in [0.4, 0.5) is 0 Å². The lowest BCUT2D eigenvalue weighted by Crippen LogP contribution is -2.36. The third-order valence-electron chi connectivity index (χ3n) is 1.45. The van der Waals surface area contributed by atoms with Crippen molar-refractivity contribution in [1.29, 1.82) is 0 Å². The van der Waals surface area contributed by atoms with E-state index in [0.717, 1.165) is 0 Å². The van der Waals surface area contributed by atoms with E-state index in [-0.39, 0.29) is 12.1 Å². The molecule has 14 heavy (non-hydrogen) atoms. The molecule has 0 saturated heterocycles. The molecule has 2 N–H and O–H groups in total. The number of hydrogen-bond acceptors (Lipinski definition) is 3. The highest BCUT2D eigenvalue weighted by Gasteiger charge is 2.04. The molecule has 5 nitrogen and oxygen atoms in total. The van der Waals surface area contributed by atoms with Crippen molar-refractivity contribution in [2.75, 3.05) is 20.6 Å². The van der Waals surface area contributed by atoms with E-state index in [2.05, 4.69) is 15.6 Å². The molecule has 5 heteroatoms. The fraction of sp³-hybridized carbons (Fsp3) is 0.778. The zero-order chi connectivity index (χ0) is 11.0. The first-order valence-corrected chi connectivity index (χ1v) is 4.68. The van der Waals surface area contributed by atoms with Crippen LogP contribution in [0.2, 0.25) is 0 Å². The van der Waals surface area contributed by atoms with Gasteiger partial charge in [0.2, 0.25) is 0 Å². The number of aliphatic imine (C=N–C) groups is 1. The van der Waals surface area contributed by atoms with Gasteiger partial charge in [0.05, 0.1) is 12.5 Å². The van der Waals surface area contributed by atoms with E-state index in [1.54, 1.807) is 14.1 Å². The molecule has 0 rings (SSSR count). The highest BCUT2D eigenvalue weighted by atomic mass is 16.5. The molecule has 0 aromatic heterocycles. The lowest BCUT2D eigenvalue weighted by Gasteiger charge is -2.09. The quantitative estimate of drug-likeness (QED) is 0.385. The van der Waals surface area contributed by atoms with Crippen LogP contribution in [0.15, 0.2) is 4.99 Å². The molecule has 0 aliphatic carbocycles. The predicted octanol–water partition coefficient (Wildman–Crippen LogP) is 0.123. The number of nitrogens with zero attached hydrogens (tertiary/aromatic N) is 1. The monoisotopic (exact) mass is 201 g/mol. The molecule has 0 fully saturated rings. The summed E-state index contributed by atoms with van der Waals surface area (Å²) in [7, 11) is 3.44. The maximum atomic E-state index is 11.1. The molecular weight excluding hydrogens is 182 g/mol. The topological polar surface area (TPSA) is 62.7 Å². The molecule has 0 aliphatic rings. The predicted molar refractivity (Wildman–Crippen MR) is 56.3 cm³/mol. The molecular formula is C9H19N3O2. The van der Waals surface area contributed by atoms with E-state index < -0.39 is 0 Å². The van der Waals surface area contributed by atoms with Crippen molar-refractivity contribution in [3.8, 4) is 0 Å². The Labute approximate surface area is 84.9 Å². The van der Waals surface area contributed by atoms with Crippen LogP contribution in [0.5, 0.6) is 0 Å². The van der Waals surface area contributed by atoms with E-state index in [0.29, 0.717) is 18.9 Å². The van der Waals surface area contributed by atoms with Gasteiger partial charge in [-0.25, -0.2) is 0 Å². The normalized spacial score (nSPS) is 11.4. The van der Waals surface area contributed by atoms with Gasteiger partial charge in [0.15, 0.2) is 5.96 Å². The number of ether oxygens (including phenoxy) is 1. The minimum Gasteiger partial charge on any atom is -0.463 e. The average molecular weight is 201 g/mol. The summed E-state index contributed by atoms with van der Waals surface area (Å²) in [5, 5.41) is 5.81. The van der Waals surface area contributed by atoms with Gasteiger partial charge in [-0.3, -0.25) is 9.79 Å². The molecule has 0 saturated carbocycles. The molecule has 0 radical (unpaired) electrons. The summed E-state index contributed by atoms with van der Waals surface area (Å²) < 4.78 is 4.96. The van der Waals surface area contributed by atoms with E-state index in [1.807, 2.05) is 13.8 Å². The van der Waals surface area contributed by atoms with Crippen LogP contribution in [-0.2, 0) is 9.53 Å². The van der Waals surface area contributed by atoms with Gasteiger partial charge in [0.25, 0.3) is 0 Å². The van der Waals surface area contributed by atoms with Crippen LogP contribution in [0.1, 0.15) is 20.3 Å². The standard InChI is InChI=1S/C9H19N3O2/c1-7(2)14-8(13)5-6-12-9(10-3)11-4/h7H,5-6H2,1-4H3,(H2,10,11,12). The van der Waals surface area contributed by atoms with Gasteiger partial charge in [0, 0.05) is 20.6 Å². The Balaban J connectivity index is 3.58. The summed E-state index contributed by atoms with van der Waals surface area (Å²) in [6.07, 6.45) is 0.296. The number of rotatable bonds is 4. The second kappa shape index (κ2) is 7.17. The van der Waals surface area contributed by atoms with Gasteiger partial charge < -0.3 is 15.4 Å². The maximum Gasteiger partial charge on any atom is 0.307 e. The summed E-state index contributed by atoms with van der Waals surface area (Å²) in [4.78, 5) is 15.0. The molecule has 0 heterocycles. The molecule has 0 spiro atoms. The molecule has 0 aromatic rings. The Morgan fingerprint density at radius 1 is 1.50 bits per heavy atom. The van der Waals surface area contributed by atoms with Crippen LogP contribution in [-0.4, -0.2) is 38.7 Å². The SMILES string of the molecule is CN=C(NC)NCCC(=O)OC(C)C. The molecule has 0 aliphatic heterocycles. The van der Waals surface area contributed by atoms with Crippen molar-refractivity contribution in [3.05, 3.63) is 0 Å². The van der Waals surface area contributed by atoms with Gasteiger partial charge >= 0.3 is 5.97 Å². The number of hydrogen-bond donors (Lipinski definition) is 2. The van der Waals surface area contributed by atoms with Crippen LogP contribution < -0.4 is 10.6 Å². The zero-order valence-corrected chi connectivity index (χ0v) is 9.26. The summed E-state index contributed by atoms with van der Waals surface area (Å²) in [5.41, 5.74) is 0. The molecule has 0 aromatic carbocycles. The van der Waals surface area contributed by atoms with Gasteiger partial charge in [-0.1, -0.05) is 0 Å². The van der Waals surface area contributed by atoms with E-state index >= 15 is 0 Å². The zero-order valence-electron chi connectivity index (χ0n) is 9.26. The fourth-order valence-electron chi connectivity index (χ4n) is 0.884. The van der Waals surface area contributed by atoms with Crippen LogP contribution >= 0.6 is 0 Å². The van der Waals surface area contributed by atoms with E-state index in [9.17, 15) is 4.79 Å². The number of guanidine groups is 1. The second-order valence-electron chi connectivity index (χ2n) is 3.04. The molecule has 0 amide bonds. The van der Waals surface area contributed by atoms with Crippen LogP contribution in [0.3, 0.4) is 0 Å². The summed E-state index contributed by atoms with van der Waals surface area (Å²) >= 11 is 0. The first kappa shape index (κ1) is 12.7. The second-order valence-corrected chi connectivity index (χ2v) is 3.04. The highest BCUT2D eigenvalue weighted by molar-refractivity contribution is 5.80. The molecule has 0 bridgehead atoms. The largest absolute Gasteiger partial charge is 0.463 e. The fourth-order valence-corrected chi connectivity index (χ4v) is 0.884. The average Bonchev–Trinajstić information content (AvgIpc) is 2.11. The first-order chi connectivity index (χ1) is 6.60. The number of esters is 1. The Hall–Kier alpha value is -1.26. The summed E-state index contributed by atoms with van der Waals surface area (Å²) in [6.45, 7) is 4.19. The first-order valence-electron chi connectivity index (χ1n) is 4.68. The molecule has 0 unspecified atom stereocenters. The van der Waals surface area contributed by atoms with Crippen LogP contribution in [0, 0.1) is 0 Å². The maximum absolute atomic E-state index is 11.1. The smallest absolute Gasteiger partial charge is 0.307 e. The number of nitrogens with one attached hydrogen (secondary N) is 2. The highest BCUT2D eigenvalue weighted by Crippen LogP contribution is 1.91. The summed E-state index contributed by atoms with van der Waals surface area (Å²) in [6, 6.07) is 0. The van der Waals surface area contributed by atoms with Crippen molar-refractivity contribution in [1.82, 2.24) is 10.6 Å². The molecule has 82 valence electrons. The summed E-state index contributed by atoms with van der Waals surface area (Å²) in [5.74, 6) is 0.474. The Bertz CT molecular complexity index is 202. The van der Waals surface area contributed by atoms with Gasteiger partial charge in [0.1, 0.15) is 0 Å². The van der Waals surface area contributed by atoms with Crippen molar-refractivity contribution >= 4 is 11.9 Å². The van der Waals surface area contributed by atoms with E-state index in [4.69, 9.17) is 4.74 Å². The third kappa shape index (κ3) is 6.28. The lowest BCUT2D eigenvalue weighted by molar-refractivity contribution is -0.147. The van der Waals surface area contributed by atoms with Crippen molar-refractivity contribution < 1.29 is 9.53 Å². The molecule has 0 atom stereocenters. The van der Waals surface area contributed by atoms with Gasteiger partial charge in [-0.05, 0) is 13.8 Å². The van der Waals surface area contributed by atoms with Gasteiger partial charge in [-0.2, -0.15) is 0 Å². The van der Waals surface area contributed by atoms with Gasteiger partial charge in [-0.15, -0.1) is 0 Å². The van der Waals surface area contributed by atoms with E-state index in [1.165, 1.54) is 0 Å². The van der Waals surface area contributed by atoms with Crippen molar-refractivity contribution in [3.63, 3.8) is 0 Å². The Kier molecular flexibility index (Phi) is 6.53. The van der Waals surface area contributed by atoms with Crippen LogP contribution in [0.25, 0.3) is 0 Å². The third-order valence-corrected chi connectivity index (χ3v) is 1.45. The van der Waals surface area contributed by atoms with Crippen molar-refractivity contribution in [2.45, 2.75) is 26.4 Å². The number of carbonyl (C=O) groups excluding carboxylic acids is 1. The minimum atomic E-state index is -0.195. The minimum absolute atomic E-state index is 0.0499.